The lowest BCUT2D eigenvalue weighted by molar-refractivity contribution is 0.102. The molecule has 1 N–H and O–H groups in total. The van der Waals surface area contributed by atoms with Gasteiger partial charge in [-0.2, -0.15) is 0 Å². The number of hydrogen-bond donors (Lipinski definition) is 1. The fourth-order valence-electron chi connectivity index (χ4n) is 2.76. The number of aryl methyl sites for hydroxylation is 1. The smallest absolute Gasteiger partial charge is 0.255 e. The summed E-state index contributed by atoms with van der Waals surface area (Å²) in [6, 6.07) is 14.7. The van der Waals surface area contributed by atoms with Gasteiger partial charge in [-0.25, -0.2) is 9.97 Å². The molecule has 0 aliphatic carbocycles. The molecule has 0 atom stereocenters. The summed E-state index contributed by atoms with van der Waals surface area (Å²) < 4.78 is 7.63. The number of aromatic nitrogens is 3. The highest BCUT2D eigenvalue weighted by molar-refractivity contribution is 7.09. The van der Waals surface area contributed by atoms with Crippen LogP contribution in [0.5, 0.6) is 5.75 Å². The number of nitrogens with zero attached hydrogens (tertiary/aromatic N) is 3. The van der Waals surface area contributed by atoms with Crippen LogP contribution in [-0.4, -0.2) is 20.4 Å². The number of carbonyl (C=O) groups is 1. The number of imidazole rings is 1. The van der Waals surface area contributed by atoms with Crippen molar-refractivity contribution in [2.45, 2.75) is 13.5 Å². The quantitative estimate of drug-likeness (QED) is 0.527. The average Bonchev–Trinajstić information content (AvgIpc) is 3.39. The summed E-state index contributed by atoms with van der Waals surface area (Å²) in [6.07, 6.45) is 5.22. The van der Waals surface area contributed by atoms with Crippen LogP contribution in [0, 0.1) is 6.92 Å². The highest BCUT2D eigenvalue weighted by Crippen LogP contribution is 2.22. The van der Waals surface area contributed by atoms with Crippen LogP contribution in [-0.2, 0) is 6.61 Å². The maximum Gasteiger partial charge on any atom is 0.255 e. The second-order valence-electron chi connectivity index (χ2n) is 6.12. The predicted molar refractivity (Wildman–Crippen MR) is 109 cm³/mol. The third-order valence-electron chi connectivity index (χ3n) is 4.08. The maximum atomic E-state index is 12.8. The third-order valence-corrected chi connectivity index (χ3v) is 4.91. The summed E-state index contributed by atoms with van der Waals surface area (Å²) in [5.41, 5.74) is 2.95. The molecule has 1 amide bonds. The standard InChI is InChI=1S/C21H18N4O2S/c1-15-23-17(13-28-15)12-27-18-6-4-5-16(11-18)21(26)24-19-7-2-3-8-20(19)25-10-9-22-14-25/h2-11,13-14H,12H2,1H3,(H,24,26). The van der Waals surface area contributed by atoms with Gasteiger partial charge in [0, 0.05) is 23.3 Å². The number of benzene rings is 2. The van der Waals surface area contributed by atoms with Crippen molar-refractivity contribution in [1.29, 1.82) is 0 Å². The molecular weight excluding hydrogens is 372 g/mol. The summed E-state index contributed by atoms with van der Waals surface area (Å²) in [7, 11) is 0. The van der Waals surface area contributed by atoms with Crippen LogP contribution in [0.4, 0.5) is 5.69 Å². The Morgan fingerprint density at radius 3 is 2.89 bits per heavy atom. The van der Waals surface area contributed by atoms with E-state index in [9.17, 15) is 4.79 Å². The van der Waals surface area contributed by atoms with Crippen molar-refractivity contribution < 1.29 is 9.53 Å². The van der Waals surface area contributed by atoms with E-state index < -0.39 is 0 Å². The molecule has 0 spiro atoms. The minimum absolute atomic E-state index is 0.206. The van der Waals surface area contributed by atoms with Crippen molar-refractivity contribution in [2.24, 2.45) is 0 Å². The third kappa shape index (κ3) is 4.10. The molecule has 4 rings (SSSR count). The normalized spacial score (nSPS) is 10.6. The summed E-state index contributed by atoms with van der Waals surface area (Å²) in [5, 5.41) is 5.94. The number of anilines is 1. The summed E-state index contributed by atoms with van der Waals surface area (Å²) in [4.78, 5) is 21.2. The van der Waals surface area contributed by atoms with E-state index in [1.807, 2.05) is 53.4 Å². The van der Waals surface area contributed by atoms with Gasteiger partial charge < -0.3 is 14.6 Å². The number of amides is 1. The Kier molecular flexibility index (Phi) is 5.16. The van der Waals surface area contributed by atoms with E-state index >= 15 is 0 Å². The maximum absolute atomic E-state index is 12.8. The minimum Gasteiger partial charge on any atom is -0.487 e. The van der Waals surface area contributed by atoms with Gasteiger partial charge in [-0.15, -0.1) is 11.3 Å². The van der Waals surface area contributed by atoms with Gasteiger partial charge in [-0.1, -0.05) is 18.2 Å². The SMILES string of the molecule is Cc1nc(COc2cccc(C(=O)Nc3ccccc3-n3ccnc3)c2)cs1. The highest BCUT2D eigenvalue weighted by Gasteiger charge is 2.11. The fraction of sp³-hybridized carbons (Fsp3) is 0.0952. The van der Waals surface area contributed by atoms with Gasteiger partial charge in [0.2, 0.25) is 0 Å². The van der Waals surface area contributed by atoms with E-state index in [2.05, 4.69) is 15.3 Å². The molecule has 2 aromatic carbocycles. The Morgan fingerprint density at radius 2 is 2.11 bits per heavy atom. The Labute approximate surface area is 166 Å². The lowest BCUT2D eigenvalue weighted by Crippen LogP contribution is -2.13. The number of para-hydroxylation sites is 2. The van der Waals surface area contributed by atoms with Crippen molar-refractivity contribution in [1.82, 2.24) is 14.5 Å². The van der Waals surface area contributed by atoms with Gasteiger partial charge >= 0.3 is 0 Å². The average molecular weight is 390 g/mol. The van der Waals surface area contributed by atoms with Crippen molar-refractivity contribution in [2.75, 3.05) is 5.32 Å². The van der Waals surface area contributed by atoms with Crippen LogP contribution in [0.3, 0.4) is 0 Å². The predicted octanol–water partition coefficient (Wildman–Crippen LogP) is 4.47. The molecular formula is C21H18N4O2S. The Hall–Kier alpha value is -3.45. The highest BCUT2D eigenvalue weighted by atomic mass is 32.1. The molecule has 6 nitrogen and oxygen atoms in total. The first-order valence-corrected chi connectivity index (χ1v) is 9.59. The Bertz CT molecular complexity index is 1090. The van der Waals surface area contributed by atoms with Gasteiger partial charge in [0.1, 0.15) is 12.4 Å². The number of hydrogen-bond acceptors (Lipinski definition) is 5. The first-order chi connectivity index (χ1) is 13.7. The van der Waals surface area contributed by atoms with E-state index in [-0.39, 0.29) is 5.91 Å². The molecule has 140 valence electrons. The van der Waals surface area contributed by atoms with Gasteiger partial charge in [0.25, 0.3) is 5.91 Å². The zero-order valence-corrected chi connectivity index (χ0v) is 16.0. The first kappa shape index (κ1) is 17.9. The van der Waals surface area contributed by atoms with Gasteiger partial charge in [-0.3, -0.25) is 4.79 Å². The van der Waals surface area contributed by atoms with Crippen molar-refractivity contribution in [3.05, 3.63) is 88.9 Å². The second kappa shape index (κ2) is 8.06. The molecule has 0 saturated heterocycles. The van der Waals surface area contributed by atoms with Gasteiger partial charge in [-0.05, 0) is 37.3 Å². The number of ether oxygens (including phenoxy) is 1. The molecule has 4 aromatic rings. The van der Waals surface area contributed by atoms with Crippen LogP contribution < -0.4 is 10.1 Å². The Morgan fingerprint density at radius 1 is 1.21 bits per heavy atom. The topological polar surface area (TPSA) is 69.0 Å². The zero-order valence-electron chi connectivity index (χ0n) is 15.2. The zero-order chi connectivity index (χ0) is 19.3. The first-order valence-electron chi connectivity index (χ1n) is 8.71. The van der Waals surface area contributed by atoms with Gasteiger partial charge in [0.15, 0.2) is 0 Å². The second-order valence-corrected chi connectivity index (χ2v) is 7.18. The molecule has 0 fully saturated rings. The van der Waals surface area contributed by atoms with E-state index in [1.54, 1.807) is 42.1 Å². The summed E-state index contributed by atoms with van der Waals surface area (Å²) in [6.45, 7) is 2.33. The number of nitrogens with one attached hydrogen (secondary N) is 1. The fourth-order valence-corrected chi connectivity index (χ4v) is 3.36. The monoisotopic (exact) mass is 390 g/mol. The molecule has 0 saturated carbocycles. The Balaban J connectivity index is 1.48. The van der Waals surface area contributed by atoms with E-state index in [0.29, 0.717) is 23.6 Å². The molecule has 0 radical (unpaired) electrons. The molecule has 2 aromatic heterocycles. The van der Waals surface area contributed by atoms with E-state index in [1.165, 1.54) is 0 Å². The largest absolute Gasteiger partial charge is 0.487 e. The molecule has 0 unspecified atom stereocenters. The van der Waals surface area contributed by atoms with Crippen LogP contribution in [0.25, 0.3) is 5.69 Å². The van der Waals surface area contributed by atoms with Gasteiger partial charge in [0.05, 0.1) is 28.4 Å². The minimum atomic E-state index is -0.206. The number of carbonyl (C=O) groups excluding carboxylic acids is 1. The van der Waals surface area contributed by atoms with Crippen LogP contribution in [0.1, 0.15) is 21.1 Å². The van der Waals surface area contributed by atoms with E-state index in [4.69, 9.17) is 4.74 Å². The molecule has 0 bridgehead atoms. The number of thiazole rings is 1. The molecule has 28 heavy (non-hydrogen) atoms. The molecule has 7 heteroatoms. The molecule has 2 heterocycles. The lowest BCUT2D eigenvalue weighted by Gasteiger charge is -2.12. The lowest BCUT2D eigenvalue weighted by atomic mass is 10.2. The molecule has 0 aliphatic heterocycles. The van der Waals surface area contributed by atoms with Crippen LogP contribution in [0.2, 0.25) is 0 Å². The van der Waals surface area contributed by atoms with Crippen LogP contribution in [0.15, 0.2) is 72.6 Å². The van der Waals surface area contributed by atoms with Crippen molar-refractivity contribution >= 4 is 22.9 Å². The summed E-state index contributed by atoms with van der Waals surface area (Å²) in [5.74, 6) is 0.420. The van der Waals surface area contributed by atoms with Crippen molar-refractivity contribution in [3.8, 4) is 11.4 Å². The van der Waals surface area contributed by atoms with E-state index in [0.717, 1.165) is 16.4 Å². The number of rotatable bonds is 6. The van der Waals surface area contributed by atoms with Crippen LogP contribution >= 0.6 is 11.3 Å². The summed E-state index contributed by atoms with van der Waals surface area (Å²) >= 11 is 1.59. The molecule has 0 aliphatic rings. The van der Waals surface area contributed by atoms with Crippen molar-refractivity contribution in [3.63, 3.8) is 0 Å².